The number of aromatic nitrogens is 2. The predicted octanol–water partition coefficient (Wildman–Crippen LogP) is 1.87. The van der Waals surface area contributed by atoms with E-state index in [4.69, 9.17) is 11.5 Å². The van der Waals surface area contributed by atoms with Crippen molar-refractivity contribution in [1.29, 1.82) is 0 Å². The fourth-order valence-electron chi connectivity index (χ4n) is 3.49. The second kappa shape index (κ2) is 7.27. The number of fused-ring (bicyclic) bond motifs is 2. The summed E-state index contributed by atoms with van der Waals surface area (Å²) >= 11 is 0. The first-order chi connectivity index (χ1) is 14.6. The first-order valence-electron chi connectivity index (χ1n) is 9.62. The van der Waals surface area contributed by atoms with Crippen LogP contribution in [0.3, 0.4) is 0 Å². The van der Waals surface area contributed by atoms with Crippen LogP contribution in [0.2, 0.25) is 0 Å². The lowest BCUT2D eigenvalue weighted by Gasteiger charge is -2.22. The number of aryl methyl sites for hydroxylation is 1. The Labute approximate surface area is 178 Å². The molecule has 0 saturated carbocycles. The molecule has 162 valence electrons. The van der Waals surface area contributed by atoms with Crippen molar-refractivity contribution in [3.8, 4) is 5.75 Å². The molecule has 1 aliphatic heterocycles. The molecule has 0 radical (unpaired) electrons. The minimum atomic E-state index is -4.27. The summed E-state index contributed by atoms with van der Waals surface area (Å²) in [5.41, 5.74) is 11.1. The molecule has 0 aliphatic carbocycles. The molecule has 31 heavy (non-hydrogen) atoms. The number of anilines is 3. The number of nitrogens with two attached hydrogens (primary N) is 2. The van der Waals surface area contributed by atoms with E-state index in [2.05, 4.69) is 14.7 Å². The summed E-state index contributed by atoms with van der Waals surface area (Å²) in [7, 11) is -4.27. The minimum Gasteiger partial charge on any atom is -0.506 e. The SMILES string of the molecule is CC(C)CCn1c(=O)c(C2=NS(=O)(=O)c3c(ccc(N)c3N)N2)c(O)c2cccnc21. The van der Waals surface area contributed by atoms with Crippen molar-refractivity contribution in [2.45, 2.75) is 31.7 Å². The number of nitrogen functional groups attached to an aromatic ring is 2. The lowest BCUT2D eigenvalue weighted by Crippen LogP contribution is -2.33. The lowest BCUT2D eigenvalue weighted by molar-refractivity contribution is 0.473. The normalized spacial score (nSPS) is 14.9. The van der Waals surface area contributed by atoms with Crippen LogP contribution in [0.4, 0.5) is 17.1 Å². The van der Waals surface area contributed by atoms with Gasteiger partial charge in [-0.1, -0.05) is 13.8 Å². The Balaban J connectivity index is 1.98. The summed E-state index contributed by atoms with van der Waals surface area (Å²) in [6.45, 7) is 4.39. The Hall–Kier alpha value is -3.60. The van der Waals surface area contributed by atoms with Gasteiger partial charge < -0.3 is 21.9 Å². The second-order valence-corrected chi connectivity index (χ2v) is 9.26. The van der Waals surface area contributed by atoms with E-state index < -0.39 is 21.3 Å². The molecule has 0 saturated heterocycles. The van der Waals surface area contributed by atoms with Gasteiger partial charge in [-0.15, -0.1) is 4.40 Å². The number of pyridine rings is 2. The quantitative estimate of drug-likeness (QED) is 0.444. The van der Waals surface area contributed by atoms with Crippen LogP contribution in [0, 0.1) is 5.92 Å². The molecular formula is C20H22N6O4S. The molecule has 0 unspecified atom stereocenters. The lowest BCUT2D eigenvalue weighted by atomic mass is 10.1. The Kier molecular flexibility index (Phi) is 4.85. The summed E-state index contributed by atoms with van der Waals surface area (Å²) in [6.07, 6.45) is 2.21. The van der Waals surface area contributed by atoms with E-state index in [1.807, 2.05) is 13.8 Å². The largest absolute Gasteiger partial charge is 0.506 e. The number of aromatic hydroxyl groups is 1. The highest BCUT2D eigenvalue weighted by Gasteiger charge is 2.32. The molecule has 6 N–H and O–H groups in total. The van der Waals surface area contributed by atoms with E-state index in [1.54, 1.807) is 12.1 Å². The van der Waals surface area contributed by atoms with Gasteiger partial charge in [0.05, 0.1) is 22.4 Å². The van der Waals surface area contributed by atoms with Crippen LogP contribution in [0.5, 0.6) is 5.75 Å². The highest BCUT2D eigenvalue weighted by molar-refractivity contribution is 7.90. The van der Waals surface area contributed by atoms with Gasteiger partial charge in [-0.25, -0.2) is 4.98 Å². The van der Waals surface area contributed by atoms with Crippen LogP contribution in [0.25, 0.3) is 11.0 Å². The maximum Gasteiger partial charge on any atom is 0.288 e. The number of nitrogens with one attached hydrogen (secondary N) is 1. The van der Waals surface area contributed by atoms with E-state index in [0.717, 1.165) is 0 Å². The van der Waals surface area contributed by atoms with Crippen molar-refractivity contribution < 1.29 is 13.5 Å². The van der Waals surface area contributed by atoms with Gasteiger partial charge in [0.25, 0.3) is 15.6 Å². The zero-order valence-electron chi connectivity index (χ0n) is 17.0. The van der Waals surface area contributed by atoms with E-state index in [1.165, 1.54) is 22.9 Å². The molecule has 4 rings (SSSR count). The topological polar surface area (TPSA) is 166 Å². The summed E-state index contributed by atoms with van der Waals surface area (Å²) in [6, 6.07) is 6.11. The van der Waals surface area contributed by atoms with Crippen molar-refractivity contribution in [1.82, 2.24) is 9.55 Å². The average Bonchev–Trinajstić information content (AvgIpc) is 2.69. The molecule has 1 aliphatic rings. The van der Waals surface area contributed by atoms with Crippen molar-refractivity contribution in [3.05, 3.63) is 46.4 Å². The molecule has 3 aromatic rings. The number of hydrogen-bond donors (Lipinski definition) is 4. The summed E-state index contributed by atoms with van der Waals surface area (Å²) < 4.78 is 30.9. The number of rotatable bonds is 4. The fraction of sp³-hybridized carbons (Fsp3) is 0.250. The maximum absolute atomic E-state index is 13.4. The average molecular weight is 443 g/mol. The van der Waals surface area contributed by atoms with Crippen LogP contribution in [-0.2, 0) is 16.6 Å². The van der Waals surface area contributed by atoms with Crippen molar-refractivity contribution in [2.75, 3.05) is 16.8 Å². The molecule has 2 aromatic heterocycles. The highest BCUT2D eigenvalue weighted by Crippen LogP contribution is 2.37. The number of nitrogens with zero attached hydrogens (tertiary/aromatic N) is 3. The third-order valence-electron chi connectivity index (χ3n) is 5.11. The van der Waals surface area contributed by atoms with Crippen LogP contribution < -0.4 is 22.3 Å². The summed E-state index contributed by atoms with van der Waals surface area (Å²) in [4.78, 5) is 17.3. The van der Waals surface area contributed by atoms with E-state index in [-0.39, 0.29) is 33.4 Å². The smallest absolute Gasteiger partial charge is 0.288 e. The molecule has 0 amide bonds. The molecule has 0 spiro atoms. The number of hydrogen-bond acceptors (Lipinski definition) is 8. The Bertz CT molecular complexity index is 1410. The van der Waals surface area contributed by atoms with Crippen LogP contribution >= 0.6 is 0 Å². The van der Waals surface area contributed by atoms with Gasteiger partial charge in [0.1, 0.15) is 21.9 Å². The van der Waals surface area contributed by atoms with E-state index in [0.29, 0.717) is 29.9 Å². The molecule has 3 heterocycles. The number of benzene rings is 1. The van der Waals surface area contributed by atoms with Crippen LogP contribution in [0.1, 0.15) is 25.8 Å². The maximum atomic E-state index is 13.4. The first kappa shape index (κ1) is 20.7. The second-order valence-electron chi connectivity index (χ2n) is 7.72. The van der Waals surface area contributed by atoms with Gasteiger partial charge in [-0.05, 0) is 36.6 Å². The fourth-order valence-corrected chi connectivity index (χ4v) is 4.75. The van der Waals surface area contributed by atoms with Crippen LogP contribution in [0.15, 0.2) is 44.6 Å². The minimum absolute atomic E-state index is 0.0958. The van der Waals surface area contributed by atoms with Gasteiger partial charge in [0.15, 0.2) is 5.84 Å². The standard InChI is InChI=1S/C20H22N6O4S/c1-10(2)7-9-26-19-11(4-3-8-23-19)16(27)14(20(26)28)18-24-13-6-5-12(21)15(22)17(13)31(29,30)25-18/h3-6,8,10,27H,7,9,21-22H2,1-2H3,(H,24,25). The van der Waals surface area contributed by atoms with Crippen LogP contribution in [-0.4, -0.2) is 28.9 Å². The highest BCUT2D eigenvalue weighted by atomic mass is 32.2. The summed E-state index contributed by atoms with van der Waals surface area (Å²) in [5.74, 6) is -0.376. The number of sulfonamides is 1. The van der Waals surface area contributed by atoms with Gasteiger partial charge in [-0.3, -0.25) is 9.36 Å². The monoisotopic (exact) mass is 442 g/mol. The zero-order valence-corrected chi connectivity index (χ0v) is 17.8. The van der Waals surface area contributed by atoms with Crippen molar-refractivity contribution >= 4 is 44.0 Å². The molecule has 0 atom stereocenters. The van der Waals surface area contributed by atoms with E-state index >= 15 is 0 Å². The zero-order chi connectivity index (χ0) is 22.5. The first-order valence-corrected chi connectivity index (χ1v) is 11.1. The third kappa shape index (κ3) is 3.36. The molecular weight excluding hydrogens is 420 g/mol. The van der Waals surface area contributed by atoms with E-state index in [9.17, 15) is 18.3 Å². The van der Waals surface area contributed by atoms with Gasteiger partial charge in [0.2, 0.25) is 0 Å². The van der Waals surface area contributed by atoms with Crippen molar-refractivity contribution in [3.63, 3.8) is 0 Å². The van der Waals surface area contributed by atoms with Crippen molar-refractivity contribution in [2.24, 2.45) is 10.3 Å². The predicted molar refractivity (Wildman–Crippen MR) is 120 cm³/mol. The molecule has 0 fully saturated rings. The Morgan fingerprint density at radius 1 is 1.23 bits per heavy atom. The molecule has 0 bridgehead atoms. The van der Waals surface area contributed by atoms with Gasteiger partial charge in [0, 0.05) is 12.7 Å². The number of amidine groups is 1. The molecule has 10 nitrogen and oxygen atoms in total. The Morgan fingerprint density at radius 3 is 2.68 bits per heavy atom. The summed E-state index contributed by atoms with van der Waals surface area (Å²) in [5, 5.41) is 14.0. The van der Waals surface area contributed by atoms with Gasteiger partial charge >= 0.3 is 0 Å². The Morgan fingerprint density at radius 2 is 1.97 bits per heavy atom. The molecule has 1 aromatic carbocycles. The van der Waals surface area contributed by atoms with Gasteiger partial charge in [-0.2, -0.15) is 8.42 Å². The molecule has 11 heteroatoms. The third-order valence-corrected chi connectivity index (χ3v) is 6.49.